The molecular weight excluding hydrogens is 358 g/mol. The second-order valence-electron chi connectivity index (χ2n) is 6.11. The molecule has 3 aromatic heterocycles. The molecule has 4 rings (SSSR count). The lowest BCUT2D eigenvalue weighted by Crippen LogP contribution is -2.34. The third kappa shape index (κ3) is 2.98. The van der Waals surface area contributed by atoms with Crippen molar-refractivity contribution < 1.29 is 0 Å². The summed E-state index contributed by atoms with van der Waals surface area (Å²) in [5, 5.41) is 5.63. The van der Waals surface area contributed by atoms with Crippen LogP contribution in [0.3, 0.4) is 0 Å². The van der Waals surface area contributed by atoms with Crippen LogP contribution in [-0.2, 0) is 6.54 Å². The van der Waals surface area contributed by atoms with Crippen molar-refractivity contribution >= 4 is 21.6 Å². The number of imidazole rings is 1. The molecule has 1 aliphatic rings. The number of piperidine rings is 1. The predicted molar refractivity (Wildman–Crippen MR) is 91.6 cm³/mol. The summed E-state index contributed by atoms with van der Waals surface area (Å²) >= 11 is 3.54. The van der Waals surface area contributed by atoms with Gasteiger partial charge in [-0.3, -0.25) is 14.8 Å². The number of hydrogen-bond acceptors (Lipinski definition) is 3. The second kappa shape index (κ2) is 5.98. The predicted octanol–water partition coefficient (Wildman–Crippen LogP) is 2.49. The Hall–Kier alpha value is -1.86. The van der Waals surface area contributed by atoms with Crippen LogP contribution < -0.4 is 5.56 Å². The summed E-state index contributed by atoms with van der Waals surface area (Å²) in [5.74, 6) is 0.381. The quantitative estimate of drug-likeness (QED) is 0.738. The smallest absolute Gasteiger partial charge is 0.264 e. The minimum atomic E-state index is -0.0534. The minimum absolute atomic E-state index is 0.0534. The van der Waals surface area contributed by atoms with Crippen LogP contribution in [0.4, 0.5) is 0 Å². The van der Waals surface area contributed by atoms with Crippen LogP contribution in [0.2, 0.25) is 0 Å². The molecular formula is C16H18BrN5O. The van der Waals surface area contributed by atoms with E-state index in [9.17, 15) is 4.79 Å². The summed E-state index contributed by atoms with van der Waals surface area (Å²) in [6, 6.07) is 5.68. The first-order valence-electron chi connectivity index (χ1n) is 7.81. The summed E-state index contributed by atoms with van der Waals surface area (Å²) in [5.41, 5.74) is 2.98. The molecule has 7 heteroatoms. The van der Waals surface area contributed by atoms with Crippen molar-refractivity contribution in [1.82, 2.24) is 24.5 Å². The second-order valence-corrected chi connectivity index (χ2v) is 6.96. The van der Waals surface area contributed by atoms with Crippen LogP contribution in [0.15, 0.2) is 39.9 Å². The number of aromatic nitrogens is 4. The molecule has 0 saturated carbocycles. The van der Waals surface area contributed by atoms with Gasteiger partial charge in [0.25, 0.3) is 5.56 Å². The van der Waals surface area contributed by atoms with E-state index in [1.807, 2.05) is 22.7 Å². The first-order chi connectivity index (χ1) is 11.2. The van der Waals surface area contributed by atoms with Gasteiger partial charge < -0.3 is 9.50 Å². The molecule has 1 aliphatic heterocycles. The lowest BCUT2D eigenvalue weighted by molar-refractivity contribution is 0.196. The molecule has 1 saturated heterocycles. The van der Waals surface area contributed by atoms with Gasteiger partial charge in [-0.05, 0) is 47.4 Å². The van der Waals surface area contributed by atoms with E-state index in [-0.39, 0.29) is 5.56 Å². The van der Waals surface area contributed by atoms with Crippen molar-refractivity contribution in [2.24, 2.45) is 0 Å². The van der Waals surface area contributed by atoms with Gasteiger partial charge in [0.1, 0.15) is 0 Å². The number of aromatic amines is 2. The SMILES string of the molecule is O=c1cc(C2CCCN(Cc3cn4cccc(Br)c4n3)C2)[nH][nH]1. The molecule has 6 nitrogen and oxygen atoms in total. The van der Waals surface area contributed by atoms with E-state index in [0.717, 1.165) is 54.0 Å². The Kier molecular flexibility index (Phi) is 3.82. The molecule has 0 amide bonds. The summed E-state index contributed by atoms with van der Waals surface area (Å²) in [6.07, 6.45) is 6.35. The van der Waals surface area contributed by atoms with Crippen LogP contribution in [-0.4, -0.2) is 37.6 Å². The summed E-state index contributed by atoms with van der Waals surface area (Å²) in [4.78, 5) is 18.4. The number of halogens is 1. The van der Waals surface area contributed by atoms with Gasteiger partial charge in [-0.15, -0.1) is 0 Å². The molecule has 0 bridgehead atoms. The molecule has 1 unspecified atom stereocenters. The monoisotopic (exact) mass is 375 g/mol. The highest BCUT2D eigenvalue weighted by Crippen LogP contribution is 2.26. The molecule has 0 radical (unpaired) electrons. The summed E-state index contributed by atoms with van der Waals surface area (Å²) in [7, 11) is 0. The fourth-order valence-corrected chi connectivity index (χ4v) is 3.80. The van der Waals surface area contributed by atoms with Gasteiger partial charge in [0, 0.05) is 43.2 Å². The molecule has 2 N–H and O–H groups in total. The van der Waals surface area contributed by atoms with Crippen molar-refractivity contribution in [3.8, 4) is 0 Å². The number of H-pyrrole nitrogens is 2. The lowest BCUT2D eigenvalue weighted by atomic mass is 9.95. The molecule has 1 atom stereocenters. The van der Waals surface area contributed by atoms with Crippen molar-refractivity contribution in [2.45, 2.75) is 25.3 Å². The highest BCUT2D eigenvalue weighted by atomic mass is 79.9. The summed E-state index contributed by atoms with van der Waals surface area (Å²) in [6.45, 7) is 2.85. The number of hydrogen-bond donors (Lipinski definition) is 2. The number of fused-ring (bicyclic) bond motifs is 1. The fourth-order valence-electron chi connectivity index (χ4n) is 3.35. The van der Waals surface area contributed by atoms with Crippen molar-refractivity contribution in [3.05, 3.63) is 56.8 Å². The van der Waals surface area contributed by atoms with Gasteiger partial charge in [-0.25, -0.2) is 4.98 Å². The number of nitrogens with one attached hydrogen (secondary N) is 2. The van der Waals surface area contributed by atoms with Gasteiger partial charge in [0.05, 0.1) is 10.2 Å². The average Bonchev–Trinajstić information content (AvgIpc) is 3.14. The third-order valence-electron chi connectivity index (χ3n) is 4.43. The third-order valence-corrected chi connectivity index (χ3v) is 5.05. The molecule has 0 spiro atoms. The highest BCUT2D eigenvalue weighted by molar-refractivity contribution is 9.10. The Bertz CT molecular complexity index is 880. The van der Waals surface area contributed by atoms with Gasteiger partial charge in [0.15, 0.2) is 5.65 Å². The minimum Gasteiger partial charge on any atom is -0.306 e. The van der Waals surface area contributed by atoms with Crippen molar-refractivity contribution in [2.75, 3.05) is 13.1 Å². The zero-order valence-corrected chi connectivity index (χ0v) is 14.2. The Labute approximate surface area is 141 Å². The van der Waals surface area contributed by atoms with Crippen LogP contribution in [0, 0.1) is 0 Å². The average molecular weight is 376 g/mol. The molecule has 23 heavy (non-hydrogen) atoms. The Morgan fingerprint density at radius 1 is 1.39 bits per heavy atom. The van der Waals surface area contributed by atoms with Gasteiger partial charge >= 0.3 is 0 Å². The zero-order chi connectivity index (χ0) is 15.8. The van der Waals surface area contributed by atoms with Crippen LogP contribution in [0.1, 0.15) is 30.1 Å². The fraction of sp³-hybridized carbons (Fsp3) is 0.375. The number of likely N-dealkylation sites (tertiary alicyclic amines) is 1. The van der Waals surface area contributed by atoms with E-state index in [2.05, 4.69) is 37.2 Å². The Morgan fingerprint density at radius 2 is 2.30 bits per heavy atom. The first kappa shape index (κ1) is 14.7. The molecule has 0 aliphatic carbocycles. The van der Waals surface area contributed by atoms with Gasteiger partial charge in [0.2, 0.25) is 0 Å². The molecule has 0 aromatic carbocycles. The molecule has 4 heterocycles. The van der Waals surface area contributed by atoms with Crippen molar-refractivity contribution in [1.29, 1.82) is 0 Å². The maximum atomic E-state index is 11.3. The van der Waals surface area contributed by atoms with Gasteiger partial charge in [-0.1, -0.05) is 0 Å². The normalized spacial score (nSPS) is 19.4. The lowest BCUT2D eigenvalue weighted by Gasteiger charge is -2.31. The highest BCUT2D eigenvalue weighted by Gasteiger charge is 2.23. The number of nitrogens with zero attached hydrogens (tertiary/aromatic N) is 3. The first-order valence-corrected chi connectivity index (χ1v) is 8.60. The van der Waals surface area contributed by atoms with Crippen LogP contribution >= 0.6 is 15.9 Å². The topological polar surface area (TPSA) is 69.2 Å². The molecule has 1 fully saturated rings. The van der Waals surface area contributed by atoms with Gasteiger partial charge in [-0.2, -0.15) is 0 Å². The van der Waals surface area contributed by atoms with Crippen molar-refractivity contribution in [3.63, 3.8) is 0 Å². The largest absolute Gasteiger partial charge is 0.306 e. The van der Waals surface area contributed by atoms with E-state index < -0.39 is 0 Å². The number of pyridine rings is 1. The maximum absolute atomic E-state index is 11.3. The maximum Gasteiger partial charge on any atom is 0.264 e. The van der Waals surface area contributed by atoms with Crippen LogP contribution in [0.5, 0.6) is 0 Å². The zero-order valence-electron chi connectivity index (χ0n) is 12.6. The van der Waals surface area contributed by atoms with E-state index in [1.165, 1.54) is 0 Å². The van der Waals surface area contributed by atoms with E-state index in [4.69, 9.17) is 4.98 Å². The van der Waals surface area contributed by atoms with Crippen LogP contribution in [0.25, 0.3) is 5.65 Å². The van der Waals surface area contributed by atoms with E-state index >= 15 is 0 Å². The van der Waals surface area contributed by atoms with E-state index in [0.29, 0.717) is 5.92 Å². The number of rotatable bonds is 3. The molecule has 120 valence electrons. The Morgan fingerprint density at radius 3 is 3.09 bits per heavy atom. The standard InChI is InChI=1S/C16H18BrN5O/c17-13-4-2-6-22-10-12(18-16(13)22)9-21-5-1-3-11(8-21)14-7-15(23)20-19-14/h2,4,6-7,10-11H,1,3,5,8-9H2,(H2,19,20,23). The molecule has 3 aromatic rings. The Balaban J connectivity index is 1.51. The summed E-state index contributed by atoms with van der Waals surface area (Å²) < 4.78 is 3.05. The van der Waals surface area contributed by atoms with E-state index in [1.54, 1.807) is 6.07 Å².